The fourth-order valence-corrected chi connectivity index (χ4v) is 1.61. The van der Waals surface area contributed by atoms with E-state index in [0.29, 0.717) is 18.1 Å². The van der Waals surface area contributed by atoms with Crippen molar-refractivity contribution in [2.75, 3.05) is 20.7 Å². The molecule has 0 bridgehead atoms. The summed E-state index contributed by atoms with van der Waals surface area (Å²) in [7, 11) is 3.28. The number of benzene rings is 1. The summed E-state index contributed by atoms with van der Waals surface area (Å²) in [5.41, 5.74) is 0.104. The van der Waals surface area contributed by atoms with Gasteiger partial charge < -0.3 is 19.5 Å². The molecule has 0 saturated carbocycles. The van der Waals surface area contributed by atoms with Crippen LogP contribution in [0.2, 0.25) is 0 Å². The molecule has 1 aromatic carbocycles. The Morgan fingerprint density at radius 2 is 1.95 bits per heavy atom. The smallest absolute Gasteiger partial charge is 0.335 e. The second-order valence-electron chi connectivity index (χ2n) is 4.39. The number of carbonyl (C=O) groups is 2. The molecule has 6 nitrogen and oxygen atoms in total. The van der Waals surface area contributed by atoms with Gasteiger partial charge in [-0.05, 0) is 32.0 Å². The maximum atomic E-state index is 11.8. The lowest BCUT2D eigenvalue weighted by atomic mass is 10.2. The molecule has 0 fully saturated rings. The Kier molecular flexibility index (Phi) is 5.37. The number of ether oxygens (including phenoxy) is 2. The molecule has 0 saturated heterocycles. The van der Waals surface area contributed by atoms with Crippen LogP contribution < -0.4 is 9.47 Å². The Balaban J connectivity index is 2.99. The average molecular weight is 281 g/mol. The van der Waals surface area contributed by atoms with Crippen LogP contribution in [-0.2, 0) is 4.79 Å². The summed E-state index contributed by atoms with van der Waals surface area (Å²) in [4.78, 5) is 24.1. The topological polar surface area (TPSA) is 76.1 Å². The van der Waals surface area contributed by atoms with E-state index in [9.17, 15) is 9.59 Å². The number of amides is 1. The lowest BCUT2D eigenvalue weighted by molar-refractivity contribution is -0.135. The number of aromatic carboxylic acids is 1. The van der Waals surface area contributed by atoms with E-state index in [-0.39, 0.29) is 11.5 Å². The largest absolute Gasteiger partial charge is 0.490 e. The molecule has 6 heteroatoms. The van der Waals surface area contributed by atoms with Crippen LogP contribution in [0.1, 0.15) is 24.2 Å². The number of hydrogen-bond acceptors (Lipinski definition) is 4. The molecular weight excluding hydrogens is 262 g/mol. The van der Waals surface area contributed by atoms with Crippen molar-refractivity contribution >= 4 is 11.9 Å². The van der Waals surface area contributed by atoms with E-state index in [1.807, 2.05) is 0 Å². The third-order valence-corrected chi connectivity index (χ3v) is 2.58. The summed E-state index contributed by atoms with van der Waals surface area (Å²) >= 11 is 0. The SMILES string of the molecule is CCOc1cc(C(=O)O)ccc1OC(C)C(=O)N(C)C. The Bertz CT molecular complexity index is 498. The summed E-state index contributed by atoms with van der Waals surface area (Å²) in [6.07, 6.45) is -0.681. The third kappa shape index (κ3) is 3.88. The van der Waals surface area contributed by atoms with Crippen molar-refractivity contribution in [3.05, 3.63) is 23.8 Å². The molecule has 0 aromatic heterocycles. The van der Waals surface area contributed by atoms with Crippen molar-refractivity contribution < 1.29 is 24.2 Å². The van der Waals surface area contributed by atoms with E-state index in [1.165, 1.54) is 23.1 Å². The first-order valence-corrected chi connectivity index (χ1v) is 6.24. The van der Waals surface area contributed by atoms with Gasteiger partial charge in [0.05, 0.1) is 12.2 Å². The molecule has 1 amide bonds. The highest BCUT2D eigenvalue weighted by atomic mass is 16.5. The first-order valence-electron chi connectivity index (χ1n) is 6.24. The lowest BCUT2D eigenvalue weighted by Gasteiger charge is -2.20. The lowest BCUT2D eigenvalue weighted by Crippen LogP contribution is -2.35. The fourth-order valence-electron chi connectivity index (χ4n) is 1.61. The van der Waals surface area contributed by atoms with Crippen molar-refractivity contribution in [2.45, 2.75) is 20.0 Å². The molecule has 0 aliphatic carbocycles. The molecule has 1 atom stereocenters. The van der Waals surface area contributed by atoms with E-state index in [2.05, 4.69) is 0 Å². The molecule has 1 unspecified atom stereocenters. The van der Waals surface area contributed by atoms with Crippen LogP contribution >= 0.6 is 0 Å². The number of carboxylic acids is 1. The predicted octanol–water partition coefficient (Wildman–Crippen LogP) is 1.64. The summed E-state index contributed by atoms with van der Waals surface area (Å²) < 4.78 is 10.9. The standard InChI is InChI=1S/C14H19NO5/c1-5-19-12-8-10(14(17)18)6-7-11(12)20-9(2)13(16)15(3)4/h6-9H,5H2,1-4H3,(H,17,18). The maximum absolute atomic E-state index is 11.8. The second kappa shape index (κ2) is 6.79. The Morgan fingerprint density at radius 3 is 2.45 bits per heavy atom. The van der Waals surface area contributed by atoms with Crippen LogP contribution in [0.25, 0.3) is 0 Å². The van der Waals surface area contributed by atoms with Crippen LogP contribution in [-0.4, -0.2) is 48.7 Å². The van der Waals surface area contributed by atoms with E-state index >= 15 is 0 Å². The summed E-state index contributed by atoms with van der Waals surface area (Å²) in [6, 6.07) is 4.29. The summed E-state index contributed by atoms with van der Waals surface area (Å²) in [5, 5.41) is 8.95. The third-order valence-electron chi connectivity index (χ3n) is 2.58. The van der Waals surface area contributed by atoms with E-state index in [1.54, 1.807) is 27.9 Å². The van der Waals surface area contributed by atoms with E-state index < -0.39 is 12.1 Å². The number of nitrogens with zero attached hydrogens (tertiary/aromatic N) is 1. The van der Waals surface area contributed by atoms with Gasteiger partial charge in [0.2, 0.25) is 0 Å². The molecule has 1 rings (SSSR count). The van der Waals surface area contributed by atoms with Gasteiger partial charge in [-0.2, -0.15) is 0 Å². The number of carbonyl (C=O) groups excluding carboxylic acids is 1. The van der Waals surface area contributed by atoms with Gasteiger partial charge >= 0.3 is 5.97 Å². The number of rotatable bonds is 6. The van der Waals surface area contributed by atoms with Crippen LogP contribution in [0.15, 0.2) is 18.2 Å². The zero-order valence-electron chi connectivity index (χ0n) is 12.0. The molecule has 110 valence electrons. The van der Waals surface area contributed by atoms with Crippen LogP contribution in [0.4, 0.5) is 0 Å². The fraction of sp³-hybridized carbons (Fsp3) is 0.429. The van der Waals surface area contributed by atoms with Gasteiger partial charge in [0.25, 0.3) is 5.91 Å². The highest BCUT2D eigenvalue weighted by Crippen LogP contribution is 2.29. The average Bonchev–Trinajstić information content (AvgIpc) is 2.39. The van der Waals surface area contributed by atoms with Crippen molar-refractivity contribution in [3.8, 4) is 11.5 Å². The quantitative estimate of drug-likeness (QED) is 0.857. The van der Waals surface area contributed by atoms with Gasteiger partial charge in [0, 0.05) is 14.1 Å². The summed E-state index contributed by atoms with van der Waals surface area (Å²) in [6.45, 7) is 3.78. The zero-order valence-corrected chi connectivity index (χ0v) is 12.0. The molecule has 0 aliphatic heterocycles. The molecular formula is C14H19NO5. The van der Waals surface area contributed by atoms with Crippen molar-refractivity contribution in [3.63, 3.8) is 0 Å². The van der Waals surface area contributed by atoms with E-state index in [0.717, 1.165) is 0 Å². The number of carboxylic acid groups (broad SMARTS) is 1. The van der Waals surface area contributed by atoms with Crippen molar-refractivity contribution in [1.82, 2.24) is 4.90 Å². The van der Waals surface area contributed by atoms with Crippen LogP contribution in [0, 0.1) is 0 Å². The predicted molar refractivity (Wildman–Crippen MR) is 73.4 cm³/mol. The minimum Gasteiger partial charge on any atom is -0.490 e. The van der Waals surface area contributed by atoms with Crippen LogP contribution in [0.3, 0.4) is 0 Å². The zero-order chi connectivity index (χ0) is 15.3. The van der Waals surface area contributed by atoms with E-state index in [4.69, 9.17) is 14.6 Å². The molecule has 0 radical (unpaired) electrons. The first kappa shape index (κ1) is 15.8. The van der Waals surface area contributed by atoms with Gasteiger partial charge in [0.15, 0.2) is 17.6 Å². The molecule has 0 aliphatic rings. The molecule has 0 heterocycles. The Hall–Kier alpha value is -2.24. The van der Waals surface area contributed by atoms with Crippen molar-refractivity contribution in [2.24, 2.45) is 0 Å². The molecule has 20 heavy (non-hydrogen) atoms. The Labute approximate surface area is 117 Å². The summed E-state index contributed by atoms with van der Waals surface area (Å²) in [5.74, 6) is -0.574. The van der Waals surface area contributed by atoms with Gasteiger partial charge in [-0.3, -0.25) is 4.79 Å². The Morgan fingerprint density at radius 1 is 1.30 bits per heavy atom. The van der Waals surface area contributed by atoms with Crippen LogP contribution in [0.5, 0.6) is 11.5 Å². The minimum absolute atomic E-state index is 0.104. The first-order chi connectivity index (χ1) is 9.36. The monoisotopic (exact) mass is 281 g/mol. The number of hydrogen-bond donors (Lipinski definition) is 1. The second-order valence-corrected chi connectivity index (χ2v) is 4.39. The normalized spacial score (nSPS) is 11.6. The minimum atomic E-state index is -1.05. The molecule has 0 spiro atoms. The van der Waals surface area contributed by atoms with Gasteiger partial charge in [-0.25, -0.2) is 4.79 Å². The van der Waals surface area contributed by atoms with Gasteiger partial charge in [-0.15, -0.1) is 0 Å². The highest BCUT2D eigenvalue weighted by molar-refractivity contribution is 5.88. The number of likely N-dealkylation sites (N-methyl/N-ethyl adjacent to an activating group) is 1. The van der Waals surface area contributed by atoms with Gasteiger partial charge in [0.1, 0.15) is 0 Å². The molecule has 1 aromatic rings. The molecule has 1 N–H and O–H groups in total. The highest BCUT2D eigenvalue weighted by Gasteiger charge is 2.19. The van der Waals surface area contributed by atoms with Gasteiger partial charge in [-0.1, -0.05) is 0 Å². The van der Waals surface area contributed by atoms with Crippen molar-refractivity contribution in [1.29, 1.82) is 0 Å². The maximum Gasteiger partial charge on any atom is 0.335 e.